The topological polar surface area (TPSA) is 307 Å². The predicted molar refractivity (Wildman–Crippen MR) is 416 cm³/mol. The van der Waals surface area contributed by atoms with E-state index >= 15 is 0 Å². The van der Waals surface area contributed by atoms with Gasteiger partial charge < -0.3 is 89.9 Å². The molecule has 0 aromatic carbocycles. The van der Waals surface area contributed by atoms with Gasteiger partial charge in [-0.15, -0.1) is 0 Å². The van der Waals surface area contributed by atoms with Crippen LogP contribution < -0.4 is 5.32 Å². The molecule has 104 heavy (non-hydrogen) atoms. The van der Waals surface area contributed by atoms with Gasteiger partial charge in [-0.25, -0.2) is 0 Å². The van der Waals surface area contributed by atoms with Crippen LogP contribution in [0.1, 0.15) is 393 Å². The van der Waals surface area contributed by atoms with E-state index in [1.54, 1.807) is 0 Å². The van der Waals surface area contributed by atoms with Crippen LogP contribution in [-0.4, -0.2) is 193 Å². The number of carbonyl (C=O) groups is 1. The van der Waals surface area contributed by atoms with Crippen molar-refractivity contribution in [2.24, 2.45) is 0 Å². The molecule has 0 bridgehead atoms. The molecule has 17 atom stereocenters. The normalized spacial score (nSPS) is 25.9. The fraction of sp³-hybridized carbons (Fsp3) is 0.965. The third-order valence-electron chi connectivity index (χ3n) is 22.3. The van der Waals surface area contributed by atoms with E-state index in [-0.39, 0.29) is 18.9 Å². The Morgan fingerprint density at radius 2 is 0.606 bits per heavy atom. The first kappa shape index (κ1) is 96.7. The van der Waals surface area contributed by atoms with Crippen molar-refractivity contribution >= 4 is 5.91 Å². The molecule has 3 aliphatic heterocycles. The van der Waals surface area contributed by atoms with Crippen molar-refractivity contribution in [3.8, 4) is 0 Å². The van der Waals surface area contributed by atoms with Crippen molar-refractivity contribution in [2.75, 3.05) is 26.4 Å². The molecule has 0 aromatic rings. The highest BCUT2D eigenvalue weighted by Crippen LogP contribution is 2.34. The standard InChI is InChI=1S/C85H163NO18/c1-3-5-7-9-11-13-15-17-19-21-23-25-27-28-29-30-31-32-33-34-35-36-37-38-39-40-41-43-45-47-49-51-53-55-57-59-61-63-73(91)86-68(69(90)62-60-58-56-54-52-50-48-46-44-42-26-24-22-20-18-16-14-12-10-8-6-4-2)67-99-83-79(97)76(94)81(71(65-88)101-83)104-85-80(98)77(95)82(72(66-89)102-85)103-84-78(96)75(93)74(92)70(64-87)100-84/h21,23,68-72,74-85,87-90,92-98H,3-20,22,24-67H2,1-2H3,(H,86,91)/b23-21-. The van der Waals surface area contributed by atoms with Gasteiger partial charge in [-0.1, -0.05) is 360 Å². The van der Waals surface area contributed by atoms with Gasteiger partial charge in [-0.05, 0) is 38.5 Å². The van der Waals surface area contributed by atoms with Crippen LogP contribution in [0, 0.1) is 0 Å². The van der Waals surface area contributed by atoms with Gasteiger partial charge in [-0.3, -0.25) is 4.79 Å². The van der Waals surface area contributed by atoms with E-state index in [0.29, 0.717) is 12.8 Å². The van der Waals surface area contributed by atoms with E-state index in [1.807, 2.05) is 0 Å². The number of nitrogens with one attached hydrogen (secondary N) is 1. The van der Waals surface area contributed by atoms with E-state index < -0.39 is 124 Å². The van der Waals surface area contributed by atoms with Gasteiger partial charge in [0, 0.05) is 6.42 Å². The molecule has 0 spiro atoms. The highest BCUT2D eigenvalue weighted by Gasteiger charge is 2.54. The van der Waals surface area contributed by atoms with Crippen molar-refractivity contribution in [2.45, 2.75) is 497 Å². The zero-order chi connectivity index (χ0) is 75.3. The summed E-state index contributed by atoms with van der Waals surface area (Å²) in [5, 5.41) is 121. The van der Waals surface area contributed by atoms with Crippen LogP contribution in [-0.2, 0) is 33.2 Å². The summed E-state index contributed by atoms with van der Waals surface area (Å²) in [4.78, 5) is 13.5. The quantitative estimate of drug-likeness (QED) is 0.0199. The number of allylic oxidation sites excluding steroid dienone is 2. The van der Waals surface area contributed by atoms with Gasteiger partial charge in [0.05, 0.1) is 38.6 Å². The molecule has 17 unspecified atom stereocenters. The number of aliphatic hydroxyl groups is 11. The van der Waals surface area contributed by atoms with Gasteiger partial charge in [0.15, 0.2) is 18.9 Å². The van der Waals surface area contributed by atoms with Crippen LogP contribution in [0.25, 0.3) is 0 Å². The van der Waals surface area contributed by atoms with Crippen LogP contribution in [0.2, 0.25) is 0 Å². The number of hydrogen-bond acceptors (Lipinski definition) is 18. The van der Waals surface area contributed by atoms with Gasteiger partial charge in [0.1, 0.15) is 73.2 Å². The molecule has 19 nitrogen and oxygen atoms in total. The summed E-state index contributed by atoms with van der Waals surface area (Å²) < 4.78 is 34.6. The average Bonchev–Trinajstić information content (AvgIpc) is 0.783. The van der Waals surface area contributed by atoms with E-state index in [2.05, 4.69) is 31.3 Å². The predicted octanol–water partition coefficient (Wildman–Crippen LogP) is 15.9. The van der Waals surface area contributed by atoms with E-state index in [1.165, 1.54) is 315 Å². The Labute approximate surface area is 633 Å². The monoisotopic (exact) mass is 1490 g/mol. The molecule has 0 aromatic heterocycles. The molecule has 12 N–H and O–H groups in total. The average molecular weight is 1490 g/mol. The molecule has 1 amide bonds. The number of amides is 1. The zero-order valence-electron chi connectivity index (χ0n) is 66.3. The Morgan fingerprint density at radius 3 is 0.933 bits per heavy atom. The third kappa shape index (κ3) is 45.1. The molecule has 0 radical (unpaired) electrons. The summed E-state index contributed by atoms with van der Waals surface area (Å²) >= 11 is 0. The van der Waals surface area contributed by atoms with Crippen LogP contribution in [0.5, 0.6) is 0 Å². The molecule has 3 fully saturated rings. The molecule has 0 aliphatic carbocycles. The lowest BCUT2D eigenvalue weighted by molar-refractivity contribution is -0.379. The third-order valence-corrected chi connectivity index (χ3v) is 22.3. The second-order valence-corrected chi connectivity index (χ2v) is 31.7. The van der Waals surface area contributed by atoms with E-state index in [9.17, 15) is 61.0 Å². The van der Waals surface area contributed by atoms with Crippen LogP contribution >= 0.6 is 0 Å². The maximum Gasteiger partial charge on any atom is 0.220 e. The minimum Gasteiger partial charge on any atom is -0.394 e. The van der Waals surface area contributed by atoms with Crippen molar-refractivity contribution in [3.05, 3.63) is 12.2 Å². The zero-order valence-corrected chi connectivity index (χ0v) is 66.3. The van der Waals surface area contributed by atoms with Gasteiger partial charge in [0.2, 0.25) is 5.91 Å². The number of carbonyl (C=O) groups excluding carboxylic acids is 1. The largest absolute Gasteiger partial charge is 0.394 e. The number of aliphatic hydroxyl groups excluding tert-OH is 11. The van der Waals surface area contributed by atoms with Crippen molar-refractivity contribution in [3.63, 3.8) is 0 Å². The molecule has 3 rings (SSSR count). The second kappa shape index (κ2) is 66.2. The van der Waals surface area contributed by atoms with E-state index in [0.717, 1.165) is 44.9 Å². The molecule has 616 valence electrons. The van der Waals surface area contributed by atoms with Crippen LogP contribution in [0.3, 0.4) is 0 Å². The molecular formula is C85H163NO18. The molecule has 3 saturated heterocycles. The first-order valence-corrected chi connectivity index (χ1v) is 43.9. The Hall–Kier alpha value is -1.47. The van der Waals surface area contributed by atoms with Crippen molar-refractivity contribution in [1.29, 1.82) is 0 Å². The number of ether oxygens (including phenoxy) is 6. The Morgan fingerprint density at radius 1 is 0.337 bits per heavy atom. The number of hydrogen-bond donors (Lipinski definition) is 12. The lowest BCUT2D eigenvalue weighted by Crippen LogP contribution is -2.66. The summed E-state index contributed by atoms with van der Waals surface area (Å²) in [5.74, 6) is -0.233. The lowest BCUT2D eigenvalue weighted by atomic mass is 9.96. The number of rotatable bonds is 72. The van der Waals surface area contributed by atoms with E-state index in [4.69, 9.17) is 28.4 Å². The fourth-order valence-electron chi connectivity index (χ4n) is 15.3. The molecule has 3 aliphatic rings. The summed E-state index contributed by atoms with van der Waals surface area (Å²) in [6.07, 6.45) is 53.3. The van der Waals surface area contributed by atoms with Crippen LogP contribution in [0.15, 0.2) is 12.2 Å². The molecule has 3 heterocycles. The first-order valence-electron chi connectivity index (χ1n) is 43.9. The SMILES string of the molecule is CCCCCCCCCC/C=C\CCCCCCCCCCCCCCCCCCCCCCCCCCCC(=O)NC(COC1OC(CO)C(OC2OC(CO)C(OC3OC(CO)C(O)C(O)C3O)C(O)C2O)C(O)C1O)C(O)CCCCCCCCCCCCCCCCCCCCCCCC. The molecule has 0 saturated carbocycles. The minimum atomic E-state index is -1.97. The van der Waals surface area contributed by atoms with Gasteiger partial charge in [0.25, 0.3) is 0 Å². The number of unbranched alkanes of at least 4 members (excludes halogenated alkanes) is 54. The van der Waals surface area contributed by atoms with Crippen LogP contribution in [0.4, 0.5) is 0 Å². The van der Waals surface area contributed by atoms with Crippen molar-refractivity contribution < 1.29 is 89.4 Å². The maximum absolute atomic E-state index is 13.5. The summed E-state index contributed by atoms with van der Waals surface area (Å²) in [6.45, 7) is 1.87. The smallest absolute Gasteiger partial charge is 0.220 e. The molecule has 19 heteroatoms. The fourth-order valence-corrected chi connectivity index (χ4v) is 15.3. The highest BCUT2D eigenvalue weighted by molar-refractivity contribution is 5.76. The summed E-state index contributed by atoms with van der Waals surface area (Å²) in [5.41, 5.74) is 0. The maximum atomic E-state index is 13.5. The molecular weight excluding hydrogens is 1320 g/mol. The van der Waals surface area contributed by atoms with Gasteiger partial charge in [-0.2, -0.15) is 0 Å². The first-order chi connectivity index (χ1) is 50.8. The Kier molecular flexibility index (Phi) is 61.5. The lowest BCUT2D eigenvalue weighted by Gasteiger charge is -2.48. The summed E-state index contributed by atoms with van der Waals surface area (Å²) in [6, 6.07) is -0.885. The Bertz CT molecular complexity index is 1920. The van der Waals surface area contributed by atoms with Crippen molar-refractivity contribution in [1.82, 2.24) is 5.32 Å². The highest BCUT2D eigenvalue weighted by atomic mass is 16.8. The Balaban J connectivity index is 1.30. The van der Waals surface area contributed by atoms with Gasteiger partial charge >= 0.3 is 0 Å². The summed E-state index contributed by atoms with van der Waals surface area (Å²) in [7, 11) is 0. The second-order valence-electron chi connectivity index (χ2n) is 31.7. The minimum absolute atomic E-state index is 0.233.